The van der Waals surface area contributed by atoms with Crippen molar-refractivity contribution in [2.45, 2.75) is 34.3 Å². The van der Waals surface area contributed by atoms with Gasteiger partial charge in [0.15, 0.2) is 9.84 Å². The van der Waals surface area contributed by atoms with Gasteiger partial charge in [-0.1, -0.05) is 48.0 Å². The van der Waals surface area contributed by atoms with Gasteiger partial charge in [0.25, 0.3) is 0 Å². The molecule has 0 aliphatic carbocycles. The number of sulfone groups is 1. The molecule has 192 valence electrons. The predicted molar refractivity (Wildman–Crippen MR) is 140 cm³/mol. The third-order valence-electron chi connectivity index (χ3n) is 6.52. The van der Waals surface area contributed by atoms with E-state index >= 15 is 0 Å². The Morgan fingerprint density at radius 2 is 1.53 bits per heavy atom. The van der Waals surface area contributed by atoms with Crippen LogP contribution in [-0.4, -0.2) is 48.3 Å². The van der Waals surface area contributed by atoms with Gasteiger partial charge in [-0.3, -0.25) is 0 Å². The van der Waals surface area contributed by atoms with E-state index in [9.17, 15) is 21.2 Å². The highest BCUT2D eigenvalue weighted by molar-refractivity contribution is 7.93. The molecule has 0 amide bonds. The van der Waals surface area contributed by atoms with Crippen LogP contribution in [0.15, 0.2) is 76.5 Å². The van der Waals surface area contributed by atoms with E-state index in [0.29, 0.717) is 42.1 Å². The molecule has 10 heteroatoms. The molecule has 0 aromatic heterocycles. The fraction of sp³-hybridized carbons (Fsp3) is 0.308. The molecule has 1 heterocycles. The lowest BCUT2D eigenvalue weighted by Crippen LogP contribution is -2.34. The second kappa shape index (κ2) is 10.5. The first kappa shape index (κ1) is 26.6. The molecule has 0 unspecified atom stereocenters. The van der Waals surface area contributed by atoms with E-state index in [1.165, 1.54) is 44.4 Å². The number of hydrogen-bond acceptors (Lipinski definition) is 5. The first-order valence-electron chi connectivity index (χ1n) is 11.5. The Labute approximate surface area is 217 Å². The summed E-state index contributed by atoms with van der Waals surface area (Å²) >= 11 is 5.89. The van der Waals surface area contributed by atoms with Crippen LogP contribution in [-0.2, 0) is 25.6 Å². The SMILES string of the molecule is CN(C)S(=O)(=O)c1ccccc1S(=O)(=O)Cc1ccccc1N1CCC(c2ccc(Cl)cc2F)CC1. The van der Waals surface area contributed by atoms with Crippen LogP contribution in [0, 0.1) is 5.82 Å². The Hall–Kier alpha value is -2.46. The minimum absolute atomic E-state index is 0.0533. The van der Waals surface area contributed by atoms with Gasteiger partial charge in [-0.2, -0.15) is 0 Å². The molecule has 4 rings (SSSR count). The Bertz CT molecular complexity index is 1470. The fourth-order valence-electron chi connectivity index (χ4n) is 4.60. The minimum atomic E-state index is -3.98. The number of para-hydroxylation sites is 1. The van der Waals surface area contributed by atoms with Crippen LogP contribution in [0.25, 0.3) is 0 Å². The molecule has 1 saturated heterocycles. The molecule has 36 heavy (non-hydrogen) atoms. The van der Waals surface area contributed by atoms with E-state index in [0.717, 1.165) is 9.99 Å². The predicted octanol–water partition coefficient (Wildman–Crippen LogP) is 5.09. The van der Waals surface area contributed by atoms with Crippen molar-refractivity contribution in [1.29, 1.82) is 0 Å². The maximum atomic E-state index is 14.4. The van der Waals surface area contributed by atoms with Crippen molar-refractivity contribution in [2.24, 2.45) is 0 Å². The number of nitrogens with zero attached hydrogens (tertiary/aromatic N) is 2. The monoisotopic (exact) mass is 550 g/mol. The number of anilines is 1. The standard InChI is InChI=1S/C26H28ClFN2O4S2/c1-29(2)36(33,34)26-10-6-5-9-25(26)35(31,32)18-20-7-3-4-8-24(20)30-15-13-19(14-16-30)22-12-11-21(27)17-23(22)28/h3-12,17,19H,13-16,18H2,1-2H3. The summed E-state index contributed by atoms with van der Waals surface area (Å²) in [4.78, 5) is 1.65. The van der Waals surface area contributed by atoms with Crippen LogP contribution in [0.3, 0.4) is 0 Å². The van der Waals surface area contributed by atoms with Crippen molar-refractivity contribution in [1.82, 2.24) is 4.31 Å². The number of piperidine rings is 1. The van der Waals surface area contributed by atoms with Gasteiger partial charge in [-0.15, -0.1) is 0 Å². The van der Waals surface area contributed by atoms with Gasteiger partial charge >= 0.3 is 0 Å². The van der Waals surface area contributed by atoms with E-state index in [2.05, 4.69) is 4.90 Å². The lowest BCUT2D eigenvalue weighted by Gasteiger charge is -2.35. The van der Waals surface area contributed by atoms with Crippen LogP contribution in [0.5, 0.6) is 0 Å². The topological polar surface area (TPSA) is 74.8 Å². The highest BCUT2D eigenvalue weighted by Crippen LogP contribution is 2.35. The Balaban J connectivity index is 1.58. The molecular weight excluding hydrogens is 523 g/mol. The van der Waals surface area contributed by atoms with Gasteiger partial charge < -0.3 is 4.90 Å². The number of halogens is 2. The summed E-state index contributed by atoms with van der Waals surface area (Å²) in [5.41, 5.74) is 2.02. The number of hydrogen-bond donors (Lipinski definition) is 0. The second-order valence-corrected chi connectivity index (χ2v) is 13.6. The van der Waals surface area contributed by atoms with Crippen molar-refractivity contribution >= 4 is 37.1 Å². The second-order valence-electron chi connectivity index (χ2n) is 9.05. The fourth-order valence-corrected chi connectivity index (χ4v) is 7.90. The van der Waals surface area contributed by atoms with E-state index in [-0.39, 0.29) is 27.3 Å². The number of rotatable bonds is 7. The van der Waals surface area contributed by atoms with Gasteiger partial charge in [-0.25, -0.2) is 25.5 Å². The molecule has 0 spiro atoms. The average molecular weight is 551 g/mol. The van der Waals surface area contributed by atoms with E-state index in [1.807, 2.05) is 12.1 Å². The molecule has 3 aromatic rings. The summed E-state index contributed by atoms with van der Waals surface area (Å²) in [5, 5.41) is 0.365. The Morgan fingerprint density at radius 3 is 2.17 bits per heavy atom. The zero-order valence-corrected chi connectivity index (χ0v) is 22.5. The molecule has 0 saturated carbocycles. The lowest BCUT2D eigenvalue weighted by atomic mass is 9.88. The zero-order valence-electron chi connectivity index (χ0n) is 20.1. The number of sulfonamides is 1. The molecule has 6 nitrogen and oxygen atoms in total. The molecule has 0 N–H and O–H groups in total. The first-order valence-corrected chi connectivity index (χ1v) is 15.0. The van der Waals surface area contributed by atoms with Crippen LogP contribution in [0.1, 0.15) is 29.9 Å². The van der Waals surface area contributed by atoms with Crippen molar-refractivity contribution in [2.75, 3.05) is 32.1 Å². The molecule has 0 atom stereocenters. The van der Waals surface area contributed by atoms with Crippen molar-refractivity contribution in [3.63, 3.8) is 0 Å². The van der Waals surface area contributed by atoms with Crippen molar-refractivity contribution < 1.29 is 21.2 Å². The molecule has 1 aliphatic heterocycles. The van der Waals surface area contributed by atoms with Gasteiger partial charge in [0.05, 0.1) is 10.6 Å². The number of benzene rings is 3. The molecule has 0 radical (unpaired) electrons. The highest BCUT2D eigenvalue weighted by atomic mass is 35.5. The van der Waals surface area contributed by atoms with E-state index in [4.69, 9.17) is 11.6 Å². The van der Waals surface area contributed by atoms with E-state index in [1.54, 1.807) is 24.3 Å². The van der Waals surface area contributed by atoms with Gasteiger partial charge in [-0.05, 0) is 60.2 Å². The molecule has 3 aromatic carbocycles. The lowest BCUT2D eigenvalue weighted by molar-refractivity contribution is 0.481. The van der Waals surface area contributed by atoms with Crippen LogP contribution in [0.4, 0.5) is 10.1 Å². The van der Waals surface area contributed by atoms with Crippen molar-refractivity contribution in [3.05, 3.63) is 88.7 Å². The minimum Gasteiger partial charge on any atom is -0.371 e. The summed E-state index contributed by atoms with van der Waals surface area (Å²) in [6.45, 7) is 1.27. The Morgan fingerprint density at radius 1 is 0.917 bits per heavy atom. The third-order valence-corrected chi connectivity index (χ3v) is 10.5. The molecule has 0 bridgehead atoms. The Kier molecular flexibility index (Phi) is 7.75. The normalized spacial score (nSPS) is 15.4. The summed E-state index contributed by atoms with van der Waals surface area (Å²) in [7, 11) is -5.19. The van der Waals surface area contributed by atoms with E-state index < -0.39 is 19.9 Å². The van der Waals surface area contributed by atoms with Crippen LogP contribution in [0.2, 0.25) is 5.02 Å². The maximum absolute atomic E-state index is 14.4. The summed E-state index contributed by atoms with van der Waals surface area (Å²) in [6, 6.07) is 17.7. The average Bonchev–Trinajstić information content (AvgIpc) is 2.84. The quantitative estimate of drug-likeness (QED) is 0.410. The summed E-state index contributed by atoms with van der Waals surface area (Å²) < 4.78 is 67.9. The molecule has 1 aliphatic rings. The zero-order chi connectivity index (χ0) is 26.1. The van der Waals surface area contributed by atoms with Gasteiger partial charge in [0.1, 0.15) is 10.7 Å². The third kappa shape index (κ3) is 5.44. The van der Waals surface area contributed by atoms with Gasteiger partial charge in [0, 0.05) is 37.9 Å². The summed E-state index contributed by atoms with van der Waals surface area (Å²) in [5.74, 6) is -0.592. The first-order chi connectivity index (χ1) is 17.0. The molecular formula is C26H28ClFN2O4S2. The van der Waals surface area contributed by atoms with Crippen molar-refractivity contribution in [3.8, 4) is 0 Å². The smallest absolute Gasteiger partial charge is 0.243 e. The molecule has 1 fully saturated rings. The largest absolute Gasteiger partial charge is 0.371 e. The maximum Gasteiger partial charge on any atom is 0.243 e. The summed E-state index contributed by atoms with van der Waals surface area (Å²) in [6.07, 6.45) is 1.42. The van der Waals surface area contributed by atoms with Crippen LogP contribution < -0.4 is 4.90 Å². The van der Waals surface area contributed by atoms with Crippen LogP contribution >= 0.6 is 11.6 Å². The highest BCUT2D eigenvalue weighted by Gasteiger charge is 2.30. The van der Waals surface area contributed by atoms with Gasteiger partial charge in [0.2, 0.25) is 10.0 Å².